The van der Waals surface area contributed by atoms with Crippen LogP contribution in [0, 0.1) is 11.6 Å². The highest BCUT2D eigenvalue weighted by Crippen LogP contribution is 2.29. The molecule has 138 valence electrons. The summed E-state index contributed by atoms with van der Waals surface area (Å²) in [5, 5.41) is 6.49. The summed E-state index contributed by atoms with van der Waals surface area (Å²) in [5.41, 5.74) is 0.429. The third kappa shape index (κ3) is 3.58. The molecule has 26 heavy (non-hydrogen) atoms. The molecule has 2 heterocycles. The first-order valence-corrected chi connectivity index (χ1v) is 8.21. The van der Waals surface area contributed by atoms with Crippen molar-refractivity contribution >= 4 is 23.4 Å². The van der Waals surface area contributed by atoms with Crippen molar-refractivity contribution in [2.75, 3.05) is 10.2 Å². The van der Waals surface area contributed by atoms with Crippen molar-refractivity contribution in [3.63, 3.8) is 0 Å². The first-order valence-electron chi connectivity index (χ1n) is 8.21. The second kappa shape index (κ2) is 6.51. The minimum atomic E-state index is -0.883. The Kier molecular flexibility index (Phi) is 4.52. The van der Waals surface area contributed by atoms with Crippen molar-refractivity contribution in [3.8, 4) is 0 Å². The highest BCUT2D eigenvalue weighted by atomic mass is 19.1. The molecule has 2 aromatic rings. The van der Waals surface area contributed by atoms with E-state index in [0.29, 0.717) is 11.8 Å². The predicted molar refractivity (Wildman–Crippen MR) is 90.7 cm³/mol. The van der Waals surface area contributed by atoms with Crippen molar-refractivity contribution in [3.05, 3.63) is 41.6 Å². The molecule has 1 aliphatic rings. The van der Waals surface area contributed by atoms with Gasteiger partial charge in [-0.2, -0.15) is 0 Å². The van der Waals surface area contributed by atoms with Gasteiger partial charge in [-0.15, -0.1) is 0 Å². The van der Waals surface area contributed by atoms with Gasteiger partial charge in [-0.1, -0.05) is 25.9 Å². The monoisotopic (exact) mass is 363 g/mol. The van der Waals surface area contributed by atoms with Gasteiger partial charge in [0.2, 0.25) is 17.7 Å². The van der Waals surface area contributed by atoms with E-state index in [-0.39, 0.29) is 35.7 Å². The first kappa shape index (κ1) is 18.0. The van der Waals surface area contributed by atoms with Gasteiger partial charge in [0.05, 0.1) is 11.4 Å². The zero-order chi connectivity index (χ0) is 19.1. The van der Waals surface area contributed by atoms with Gasteiger partial charge in [0.1, 0.15) is 17.7 Å². The molecule has 1 atom stereocenters. The van der Waals surface area contributed by atoms with Gasteiger partial charge in [-0.25, -0.2) is 8.78 Å². The summed E-state index contributed by atoms with van der Waals surface area (Å²) in [5.74, 6) is -2.35. The molecule has 0 aliphatic carbocycles. The molecular formula is C18H19F2N3O3. The van der Waals surface area contributed by atoms with E-state index in [4.69, 9.17) is 4.52 Å². The zero-order valence-corrected chi connectivity index (χ0v) is 14.7. The van der Waals surface area contributed by atoms with Gasteiger partial charge in [-0.3, -0.25) is 19.8 Å². The molecule has 2 amide bonds. The molecule has 0 radical (unpaired) electrons. The molecule has 8 heteroatoms. The third-order valence-corrected chi connectivity index (χ3v) is 4.17. The molecule has 1 saturated heterocycles. The van der Waals surface area contributed by atoms with E-state index in [1.54, 1.807) is 6.07 Å². The lowest BCUT2D eigenvalue weighted by atomic mass is 9.92. The number of benzene rings is 1. The fourth-order valence-electron chi connectivity index (χ4n) is 2.83. The Bertz CT molecular complexity index is 837. The fraction of sp³-hybridized carbons (Fsp3) is 0.389. The maximum Gasteiger partial charge on any atom is 0.249 e. The van der Waals surface area contributed by atoms with Gasteiger partial charge in [0.25, 0.3) is 0 Å². The molecule has 1 aliphatic heterocycles. The summed E-state index contributed by atoms with van der Waals surface area (Å²) in [4.78, 5) is 25.9. The molecule has 0 spiro atoms. The summed E-state index contributed by atoms with van der Waals surface area (Å²) >= 11 is 0. The topological polar surface area (TPSA) is 75.4 Å². The van der Waals surface area contributed by atoms with Gasteiger partial charge >= 0.3 is 0 Å². The van der Waals surface area contributed by atoms with E-state index >= 15 is 0 Å². The van der Waals surface area contributed by atoms with Gasteiger partial charge < -0.3 is 4.52 Å². The Morgan fingerprint density at radius 1 is 1.23 bits per heavy atom. The van der Waals surface area contributed by atoms with Crippen LogP contribution < -0.4 is 10.2 Å². The van der Waals surface area contributed by atoms with Crippen LogP contribution in [0.25, 0.3) is 0 Å². The Hall–Kier alpha value is -2.77. The summed E-state index contributed by atoms with van der Waals surface area (Å²) in [6.07, 6.45) is 0.350. The standard InChI is InChI=1S/C18H19F2N3O3/c1-18(2,3)14-9-15(26-22-14)21-17(25)13-4-5-16(24)23(13)12-7-10(19)6-11(20)8-12/h6-9,13H,4-5H2,1-3H3,(H,21,25)/t13-/m0/s1. The molecule has 3 rings (SSSR count). The van der Waals surface area contributed by atoms with Gasteiger partial charge in [0.15, 0.2) is 0 Å². The van der Waals surface area contributed by atoms with Gasteiger partial charge in [0, 0.05) is 24.0 Å². The van der Waals surface area contributed by atoms with Crippen LogP contribution >= 0.6 is 0 Å². The smallest absolute Gasteiger partial charge is 0.249 e. The Balaban J connectivity index is 1.81. The third-order valence-electron chi connectivity index (χ3n) is 4.17. The van der Waals surface area contributed by atoms with Crippen molar-refractivity contribution in [1.29, 1.82) is 0 Å². The lowest BCUT2D eigenvalue weighted by Crippen LogP contribution is -2.41. The summed E-state index contributed by atoms with van der Waals surface area (Å²) in [7, 11) is 0. The van der Waals surface area contributed by atoms with E-state index in [9.17, 15) is 18.4 Å². The summed E-state index contributed by atoms with van der Waals surface area (Å²) in [6, 6.07) is 3.49. The molecule has 6 nitrogen and oxygen atoms in total. The largest absolute Gasteiger partial charge is 0.338 e. The lowest BCUT2D eigenvalue weighted by Gasteiger charge is -2.23. The molecule has 0 saturated carbocycles. The van der Waals surface area contributed by atoms with Crippen LogP contribution in [-0.2, 0) is 15.0 Å². The average Bonchev–Trinajstić information content (AvgIpc) is 3.12. The van der Waals surface area contributed by atoms with Crippen molar-refractivity contribution in [2.45, 2.75) is 45.1 Å². The minimum Gasteiger partial charge on any atom is -0.338 e. The van der Waals surface area contributed by atoms with Crippen molar-refractivity contribution in [1.82, 2.24) is 5.16 Å². The quantitative estimate of drug-likeness (QED) is 0.907. The molecular weight excluding hydrogens is 344 g/mol. The van der Waals surface area contributed by atoms with Crippen LogP contribution in [0.3, 0.4) is 0 Å². The highest BCUT2D eigenvalue weighted by molar-refractivity contribution is 6.07. The summed E-state index contributed by atoms with van der Waals surface area (Å²) in [6.45, 7) is 5.85. The number of rotatable bonds is 3. The number of carbonyl (C=O) groups excluding carboxylic acids is 2. The number of anilines is 2. The predicted octanol–water partition coefficient (Wildman–Crippen LogP) is 3.38. The number of halogens is 2. The number of aromatic nitrogens is 1. The molecule has 1 N–H and O–H groups in total. The van der Waals surface area contributed by atoms with Crippen molar-refractivity contribution < 1.29 is 22.9 Å². The Morgan fingerprint density at radius 3 is 2.46 bits per heavy atom. The van der Waals surface area contributed by atoms with E-state index < -0.39 is 23.6 Å². The number of carbonyl (C=O) groups is 2. The van der Waals surface area contributed by atoms with Crippen LogP contribution in [0.15, 0.2) is 28.8 Å². The second-order valence-electron chi connectivity index (χ2n) is 7.26. The van der Waals surface area contributed by atoms with E-state index in [1.165, 1.54) is 0 Å². The molecule has 0 bridgehead atoms. The highest BCUT2D eigenvalue weighted by Gasteiger charge is 2.38. The number of amides is 2. The van der Waals surface area contributed by atoms with Crippen LogP contribution in [0.4, 0.5) is 20.4 Å². The average molecular weight is 363 g/mol. The Morgan fingerprint density at radius 2 is 1.88 bits per heavy atom. The first-order chi connectivity index (χ1) is 12.1. The lowest BCUT2D eigenvalue weighted by molar-refractivity contribution is -0.120. The van der Waals surface area contributed by atoms with Crippen LogP contribution in [-0.4, -0.2) is 23.0 Å². The van der Waals surface area contributed by atoms with Crippen LogP contribution in [0.1, 0.15) is 39.3 Å². The maximum atomic E-state index is 13.5. The molecule has 0 unspecified atom stereocenters. The minimum absolute atomic E-state index is 0.0121. The van der Waals surface area contributed by atoms with Gasteiger partial charge in [-0.05, 0) is 18.6 Å². The van der Waals surface area contributed by atoms with E-state index in [0.717, 1.165) is 17.0 Å². The molecule has 1 aromatic heterocycles. The summed E-state index contributed by atoms with van der Waals surface area (Å²) < 4.78 is 32.1. The number of hydrogen-bond donors (Lipinski definition) is 1. The maximum absolute atomic E-state index is 13.5. The fourth-order valence-corrected chi connectivity index (χ4v) is 2.83. The van der Waals surface area contributed by atoms with Crippen molar-refractivity contribution in [2.24, 2.45) is 0 Å². The number of nitrogens with zero attached hydrogens (tertiary/aromatic N) is 2. The van der Waals surface area contributed by atoms with Crippen LogP contribution in [0.5, 0.6) is 0 Å². The molecule has 1 fully saturated rings. The Labute approximate surface area is 149 Å². The van der Waals surface area contributed by atoms with E-state index in [1.807, 2.05) is 20.8 Å². The second-order valence-corrected chi connectivity index (χ2v) is 7.26. The number of nitrogens with one attached hydrogen (secondary N) is 1. The number of hydrogen-bond acceptors (Lipinski definition) is 4. The normalized spacial score (nSPS) is 17.7. The zero-order valence-electron chi connectivity index (χ0n) is 14.7. The van der Waals surface area contributed by atoms with Crippen LogP contribution in [0.2, 0.25) is 0 Å². The SMILES string of the molecule is CC(C)(C)c1cc(NC(=O)[C@@H]2CCC(=O)N2c2cc(F)cc(F)c2)on1. The molecule has 1 aromatic carbocycles. The van der Waals surface area contributed by atoms with E-state index in [2.05, 4.69) is 10.5 Å².